The second kappa shape index (κ2) is 8.53. The van der Waals surface area contributed by atoms with E-state index >= 15 is 0 Å². The second-order valence-corrected chi connectivity index (χ2v) is 7.16. The quantitative estimate of drug-likeness (QED) is 0.727. The molecule has 22 heavy (non-hydrogen) atoms. The predicted molar refractivity (Wildman–Crippen MR) is 92.1 cm³/mol. The van der Waals surface area contributed by atoms with Crippen LogP contribution < -0.4 is 15.4 Å². The highest BCUT2D eigenvalue weighted by Gasteiger charge is 2.26. The highest BCUT2D eigenvalue weighted by atomic mass is 79.9. The molecule has 1 aliphatic heterocycles. The number of rotatable bonds is 7. The van der Waals surface area contributed by atoms with Gasteiger partial charge in [-0.05, 0) is 56.0 Å². The Morgan fingerprint density at radius 3 is 2.91 bits per heavy atom. The Morgan fingerprint density at radius 2 is 2.18 bits per heavy atom. The number of ether oxygens (including phenoxy) is 1. The highest BCUT2D eigenvalue weighted by molar-refractivity contribution is 9.10. The van der Waals surface area contributed by atoms with Gasteiger partial charge in [0.15, 0.2) is 0 Å². The molecule has 1 aliphatic rings. The molecule has 0 unspecified atom stereocenters. The molecule has 1 heterocycles. The number of halogens is 1. The molecule has 2 N–H and O–H groups in total. The van der Waals surface area contributed by atoms with Gasteiger partial charge in [-0.15, -0.1) is 0 Å². The lowest BCUT2D eigenvalue weighted by molar-refractivity contribution is -0.121. The first-order valence-corrected chi connectivity index (χ1v) is 8.73. The molecule has 122 valence electrons. The van der Waals surface area contributed by atoms with Crippen molar-refractivity contribution in [2.45, 2.75) is 32.6 Å². The van der Waals surface area contributed by atoms with Crippen LogP contribution in [0.4, 0.5) is 0 Å². The molecule has 0 aromatic heterocycles. The van der Waals surface area contributed by atoms with Crippen LogP contribution in [0.15, 0.2) is 28.7 Å². The van der Waals surface area contributed by atoms with Crippen molar-refractivity contribution in [3.8, 4) is 5.75 Å². The van der Waals surface area contributed by atoms with Crippen molar-refractivity contribution in [1.29, 1.82) is 0 Å². The SMILES string of the molecule is CC1(CNC(=O)CCCOc2cccc(Br)c2)CCNCC1. The van der Waals surface area contributed by atoms with Gasteiger partial charge in [-0.2, -0.15) is 0 Å². The number of hydrogen-bond acceptors (Lipinski definition) is 3. The Morgan fingerprint density at radius 1 is 1.41 bits per heavy atom. The van der Waals surface area contributed by atoms with E-state index in [0.29, 0.717) is 13.0 Å². The van der Waals surface area contributed by atoms with Gasteiger partial charge in [0, 0.05) is 17.4 Å². The summed E-state index contributed by atoms with van der Waals surface area (Å²) in [5.74, 6) is 0.953. The number of amides is 1. The van der Waals surface area contributed by atoms with E-state index in [1.54, 1.807) is 0 Å². The first-order chi connectivity index (χ1) is 10.6. The number of carbonyl (C=O) groups excluding carboxylic acids is 1. The number of nitrogens with one attached hydrogen (secondary N) is 2. The minimum Gasteiger partial charge on any atom is -0.494 e. The van der Waals surface area contributed by atoms with Crippen molar-refractivity contribution in [3.05, 3.63) is 28.7 Å². The lowest BCUT2D eigenvalue weighted by atomic mass is 9.81. The van der Waals surface area contributed by atoms with Gasteiger partial charge in [0.25, 0.3) is 0 Å². The van der Waals surface area contributed by atoms with Gasteiger partial charge in [0.05, 0.1) is 6.61 Å². The Hall–Kier alpha value is -1.07. The van der Waals surface area contributed by atoms with E-state index in [9.17, 15) is 4.79 Å². The van der Waals surface area contributed by atoms with Gasteiger partial charge >= 0.3 is 0 Å². The van der Waals surface area contributed by atoms with Crippen molar-refractivity contribution >= 4 is 21.8 Å². The molecule has 0 bridgehead atoms. The molecule has 0 spiro atoms. The van der Waals surface area contributed by atoms with E-state index in [-0.39, 0.29) is 11.3 Å². The van der Waals surface area contributed by atoms with Gasteiger partial charge in [-0.3, -0.25) is 4.79 Å². The van der Waals surface area contributed by atoms with Crippen LogP contribution in [0.1, 0.15) is 32.6 Å². The Kier molecular flexibility index (Phi) is 6.70. The summed E-state index contributed by atoms with van der Waals surface area (Å²) in [6.07, 6.45) is 3.50. The van der Waals surface area contributed by atoms with Gasteiger partial charge in [0.2, 0.25) is 5.91 Å². The van der Waals surface area contributed by atoms with E-state index in [2.05, 4.69) is 33.5 Å². The molecule has 0 aliphatic carbocycles. The molecule has 1 amide bonds. The van der Waals surface area contributed by atoms with Gasteiger partial charge in [-0.25, -0.2) is 0 Å². The van der Waals surface area contributed by atoms with Crippen LogP contribution in [0, 0.1) is 5.41 Å². The average Bonchev–Trinajstić information content (AvgIpc) is 2.51. The zero-order chi connectivity index (χ0) is 15.8. The van der Waals surface area contributed by atoms with E-state index in [1.165, 1.54) is 0 Å². The third kappa shape index (κ3) is 5.97. The van der Waals surface area contributed by atoms with Crippen molar-refractivity contribution in [2.75, 3.05) is 26.2 Å². The van der Waals surface area contributed by atoms with Crippen LogP contribution in [-0.4, -0.2) is 32.1 Å². The van der Waals surface area contributed by atoms with Crippen molar-refractivity contribution in [1.82, 2.24) is 10.6 Å². The number of carbonyl (C=O) groups is 1. The molecule has 0 radical (unpaired) electrons. The smallest absolute Gasteiger partial charge is 0.220 e. The zero-order valence-electron chi connectivity index (χ0n) is 13.2. The molecule has 2 rings (SSSR count). The zero-order valence-corrected chi connectivity index (χ0v) is 14.7. The highest BCUT2D eigenvalue weighted by Crippen LogP contribution is 2.26. The molecule has 1 fully saturated rings. The fraction of sp³-hybridized carbons (Fsp3) is 0.588. The monoisotopic (exact) mass is 368 g/mol. The fourth-order valence-corrected chi connectivity index (χ4v) is 2.97. The number of benzene rings is 1. The summed E-state index contributed by atoms with van der Waals surface area (Å²) < 4.78 is 6.63. The molecular weight excluding hydrogens is 344 g/mol. The predicted octanol–water partition coefficient (Wildman–Crippen LogP) is 3.11. The van der Waals surface area contributed by atoms with E-state index in [0.717, 1.165) is 49.1 Å². The lowest BCUT2D eigenvalue weighted by Gasteiger charge is -2.34. The summed E-state index contributed by atoms with van der Waals surface area (Å²) in [4.78, 5) is 11.9. The van der Waals surface area contributed by atoms with E-state index in [4.69, 9.17) is 4.74 Å². The lowest BCUT2D eigenvalue weighted by Crippen LogP contribution is -2.42. The van der Waals surface area contributed by atoms with Crippen LogP contribution in [0.5, 0.6) is 5.75 Å². The molecule has 5 heteroatoms. The topological polar surface area (TPSA) is 50.4 Å². The second-order valence-electron chi connectivity index (χ2n) is 6.25. The summed E-state index contributed by atoms with van der Waals surface area (Å²) in [5.41, 5.74) is 0.244. The summed E-state index contributed by atoms with van der Waals surface area (Å²) in [6.45, 7) is 5.69. The molecule has 0 saturated carbocycles. The summed E-state index contributed by atoms with van der Waals surface area (Å²) >= 11 is 3.41. The maximum atomic E-state index is 11.9. The third-order valence-corrected chi connectivity index (χ3v) is 4.63. The normalized spacial score (nSPS) is 17.0. The third-order valence-electron chi connectivity index (χ3n) is 4.14. The first-order valence-electron chi connectivity index (χ1n) is 7.93. The van der Waals surface area contributed by atoms with Crippen molar-refractivity contribution in [2.24, 2.45) is 5.41 Å². The van der Waals surface area contributed by atoms with Crippen LogP contribution in [0.25, 0.3) is 0 Å². The molecule has 4 nitrogen and oxygen atoms in total. The Labute approximate surface area is 141 Å². The van der Waals surface area contributed by atoms with Gasteiger partial charge < -0.3 is 15.4 Å². The van der Waals surface area contributed by atoms with Crippen LogP contribution in [0.3, 0.4) is 0 Å². The van der Waals surface area contributed by atoms with Crippen LogP contribution in [0.2, 0.25) is 0 Å². The summed E-state index contributed by atoms with van der Waals surface area (Å²) in [5, 5.41) is 6.43. The molecule has 1 aromatic rings. The Bertz CT molecular complexity index is 487. The maximum Gasteiger partial charge on any atom is 0.220 e. The van der Waals surface area contributed by atoms with E-state index < -0.39 is 0 Å². The van der Waals surface area contributed by atoms with Crippen molar-refractivity contribution < 1.29 is 9.53 Å². The largest absolute Gasteiger partial charge is 0.494 e. The van der Waals surface area contributed by atoms with Gasteiger partial charge in [0.1, 0.15) is 5.75 Å². The minimum absolute atomic E-state index is 0.123. The maximum absolute atomic E-state index is 11.9. The molecule has 1 aromatic carbocycles. The Balaban J connectivity index is 1.59. The standard InChI is InChI=1S/C17H25BrN2O2/c1-17(7-9-19-10-8-17)13-20-16(21)6-3-11-22-15-5-2-4-14(18)12-15/h2,4-5,12,19H,3,6-11,13H2,1H3,(H,20,21). The minimum atomic E-state index is 0.123. The first kappa shape index (κ1) is 17.3. The number of hydrogen-bond donors (Lipinski definition) is 2. The van der Waals surface area contributed by atoms with E-state index in [1.807, 2.05) is 24.3 Å². The molecular formula is C17H25BrN2O2. The van der Waals surface area contributed by atoms with Crippen molar-refractivity contribution in [3.63, 3.8) is 0 Å². The summed E-state index contributed by atoms with van der Waals surface area (Å²) in [7, 11) is 0. The molecule has 0 atom stereocenters. The van der Waals surface area contributed by atoms with Crippen LogP contribution in [-0.2, 0) is 4.79 Å². The van der Waals surface area contributed by atoms with Gasteiger partial charge in [-0.1, -0.05) is 28.9 Å². The summed E-state index contributed by atoms with van der Waals surface area (Å²) in [6, 6.07) is 7.74. The fourth-order valence-electron chi connectivity index (χ4n) is 2.59. The number of piperidine rings is 1. The molecule has 1 saturated heterocycles. The average molecular weight is 369 g/mol. The van der Waals surface area contributed by atoms with Crippen LogP contribution >= 0.6 is 15.9 Å².